The van der Waals surface area contributed by atoms with Gasteiger partial charge in [-0.25, -0.2) is 0 Å². The molecule has 0 bridgehead atoms. The summed E-state index contributed by atoms with van der Waals surface area (Å²) in [7, 11) is -4.45. The zero-order valence-corrected chi connectivity index (χ0v) is 50.2. The molecule has 0 aliphatic heterocycles. The summed E-state index contributed by atoms with van der Waals surface area (Å²) in [6.45, 7) is 8.72. The van der Waals surface area contributed by atoms with Gasteiger partial charge in [-0.15, -0.1) is 0 Å². The molecule has 0 saturated carbocycles. The van der Waals surface area contributed by atoms with Gasteiger partial charge in [-0.05, 0) is 241 Å². The highest BCUT2D eigenvalue weighted by Gasteiger charge is 2.35. The number of non-ortho nitro benzene ring substituents is 2. The lowest BCUT2D eigenvalue weighted by molar-refractivity contribution is -0.385. The standard InChI is InChI=1S/C70H60N6O9Si2/c1-86(2,49-81-65-33-5-51(6-34-65)45-71-59-21-13-55(14-22-59)57-17-25-61(26-18-57)73-47-53-9-37-67(38-10-53)83-69-41-29-63(30-42-69)75(77)78)85-87(3,4)50-82-66-35-7-52(8-36-66)46-72-60-23-15-56(16-24-60)58-19-27-62(28-20-58)74-48-54-11-39-68(40-12-54)84-70-43-31-64(32-44-70)76(79)80/h5-48H,49-50H2,1-4H3. The molecule has 0 unspecified atom stereocenters. The molecule has 87 heavy (non-hydrogen) atoms. The van der Waals surface area contributed by atoms with E-state index >= 15 is 0 Å². The fourth-order valence-electron chi connectivity index (χ4n) is 8.97. The molecule has 0 radical (unpaired) electrons. The second-order valence-electron chi connectivity index (χ2n) is 21.4. The topological polar surface area (TPSA) is 182 Å². The van der Waals surface area contributed by atoms with Crippen LogP contribution in [0.1, 0.15) is 22.3 Å². The Morgan fingerprint density at radius 2 is 0.540 bits per heavy atom. The number of benzene rings is 10. The number of hydrogen-bond donors (Lipinski definition) is 0. The molecule has 0 saturated heterocycles. The fraction of sp³-hybridized carbons (Fsp3) is 0.0857. The highest BCUT2D eigenvalue weighted by Crippen LogP contribution is 2.30. The van der Waals surface area contributed by atoms with Gasteiger partial charge in [-0.3, -0.25) is 40.2 Å². The van der Waals surface area contributed by atoms with Crippen LogP contribution in [0.5, 0.6) is 34.5 Å². The van der Waals surface area contributed by atoms with Crippen molar-refractivity contribution in [2.24, 2.45) is 20.0 Å². The van der Waals surface area contributed by atoms with Gasteiger partial charge >= 0.3 is 0 Å². The van der Waals surface area contributed by atoms with Crippen LogP contribution in [0.3, 0.4) is 0 Å². The molecule has 0 heterocycles. The van der Waals surface area contributed by atoms with Crippen molar-refractivity contribution in [2.75, 3.05) is 12.5 Å². The summed E-state index contributed by atoms with van der Waals surface area (Å²) in [6.07, 6.45) is 8.29. The maximum absolute atomic E-state index is 10.9. The van der Waals surface area contributed by atoms with Crippen LogP contribution in [-0.4, -0.2) is 63.8 Å². The normalized spacial score (nSPS) is 11.8. The number of nitrogens with zero attached hydrogens (tertiary/aromatic N) is 6. The first-order valence-electron chi connectivity index (χ1n) is 27.9. The maximum Gasteiger partial charge on any atom is 0.269 e. The largest absolute Gasteiger partial charge is 0.494 e. The molecule has 0 amide bonds. The highest BCUT2D eigenvalue weighted by atomic mass is 28.4. The first kappa shape index (κ1) is 59.4. The van der Waals surface area contributed by atoms with Gasteiger partial charge in [0.15, 0.2) is 0 Å². The zero-order chi connectivity index (χ0) is 60.6. The van der Waals surface area contributed by atoms with E-state index in [4.69, 9.17) is 33.0 Å². The van der Waals surface area contributed by atoms with Gasteiger partial charge < -0.3 is 23.1 Å². The highest BCUT2D eigenvalue weighted by molar-refractivity contribution is 6.84. The van der Waals surface area contributed by atoms with Crippen LogP contribution in [0.4, 0.5) is 34.1 Å². The number of rotatable bonds is 24. The smallest absolute Gasteiger partial charge is 0.269 e. The van der Waals surface area contributed by atoms with E-state index in [1.54, 1.807) is 36.7 Å². The summed E-state index contributed by atoms with van der Waals surface area (Å²) >= 11 is 0. The van der Waals surface area contributed by atoms with E-state index in [-0.39, 0.29) is 11.4 Å². The lowest BCUT2D eigenvalue weighted by Crippen LogP contribution is -2.51. The van der Waals surface area contributed by atoms with E-state index in [9.17, 15) is 20.2 Å². The van der Waals surface area contributed by atoms with Crippen LogP contribution in [0.15, 0.2) is 263 Å². The summed E-state index contributed by atoms with van der Waals surface area (Å²) in [6, 6.07) is 75.0. The Morgan fingerprint density at radius 1 is 0.322 bits per heavy atom. The van der Waals surface area contributed by atoms with Crippen LogP contribution in [0, 0.1) is 20.2 Å². The minimum absolute atomic E-state index is 0.0127. The van der Waals surface area contributed by atoms with Gasteiger partial charge in [0, 0.05) is 49.1 Å². The van der Waals surface area contributed by atoms with Crippen molar-refractivity contribution in [1.29, 1.82) is 0 Å². The van der Waals surface area contributed by atoms with Crippen LogP contribution in [0.25, 0.3) is 22.3 Å². The Bertz CT molecular complexity index is 3790. The van der Waals surface area contributed by atoms with E-state index in [1.807, 2.05) is 182 Å². The van der Waals surface area contributed by atoms with Crippen molar-refractivity contribution in [3.63, 3.8) is 0 Å². The summed E-state index contributed by atoms with van der Waals surface area (Å²) in [5.74, 6) is 3.83. The Kier molecular flexibility index (Phi) is 19.0. The Labute approximate surface area is 506 Å². The maximum atomic E-state index is 10.9. The molecule has 10 rings (SSSR count). The van der Waals surface area contributed by atoms with Crippen molar-refractivity contribution < 1.29 is 32.9 Å². The summed E-state index contributed by atoms with van der Waals surface area (Å²) in [5.41, 5.74) is 11.4. The van der Waals surface area contributed by atoms with Crippen molar-refractivity contribution in [3.05, 3.63) is 285 Å². The third-order valence-corrected chi connectivity index (χ3v) is 19.5. The van der Waals surface area contributed by atoms with Gasteiger partial charge in [-0.1, -0.05) is 48.5 Å². The first-order valence-corrected chi connectivity index (χ1v) is 34.1. The number of nitro groups is 2. The second kappa shape index (κ2) is 27.8. The van der Waals surface area contributed by atoms with Crippen molar-refractivity contribution in [1.82, 2.24) is 0 Å². The van der Waals surface area contributed by atoms with E-state index in [1.165, 1.54) is 24.3 Å². The molecule has 0 aromatic heterocycles. The Hall–Kier alpha value is -10.7. The van der Waals surface area contributed by atoms with Crippen LogP contribution >= 0.6 is 0 Å². The van der Waals surface area contributed by atoms with Crippen molar-refractivity contribution >= 4 is 75.6 Å². The van der Waals surface area contributed by atoms with Gasteiger partial charge in [0.2, 0.25) is 16.6 Å². The number of ether oxygens (including phenoxy) is 4. The molecular formula is C70H60N6O9Si2. The summed E-state index contributed by atoms with van der Waals surface area (Å²) < 4.78 is 31.0. The monoisotopic (exact) mass is 1180 g/mol. The fourth-order valence-corrected chi connectivity index (χ4v) is 16.4. The van der Waals surface area contributed by atoms with Gasteiger partial charge in [-0.2, -0.15) is 0 Å². The third-order valence-electron chi connectivity index (χ3n) is 13.4. The molecule has 17 heteroatoms. The molecule has 0 aliphatic carbocycles. The SMILES string of the molecule is C[Si](C)(COc1ccc(C=Nc2ccc(-c3ccc(N=Cc4ccc(Oc5ccc([N+](=O)[O-])cc5)cc4)cc3)cc2)cc1)O[Si](C)(C)COc1ccc(C=Nc2ccc(-c3ccc(N=Cc4ccc(Oc5ccc([N+](=O)[O-])cc5)cc4)cc3)cc2)cc1. The number of aliphatic imine (C=N–C) groups is 4. The molecule has 0 spiro atoms. The lowest BCUT2D eigenvalue weighted by Gasteiger charge is -2.33. The number of nitro benzene ring substituents is 2. The molecule has 15 nitrogen and oxygen atoms in total. The zero-order valence-electron chi connectivity index (χ0n) is 48.2. The van der Waals surface area contributed by atoms with Crippen LogP contribution in [0.2, 0.25) is 26.2 Å². The molecular weight excluding hydrogens is 1120 g/mol. The second-order valence-corrected chi connectivity index (χ2v) is 29.8. The molecule has 10 aromatic rings. The molecule has 0 aliphatic rings. The van der Waals surface area contributed by atoms with Crippen molar-refractivity contribution in [2.45, 2.75) is 26.2 Å². The lowest BCUT2D eigenvalue weighted by atomic mass is 10.1. The predicted molar refractivity (Wildman–Crippen MR) is 352 cm³/mol. The molecule has 10 aromatic carbocycles. The van der Waals surface area contributed by atoms with E-state index < -0.39 is 26.5 Å². The van der Waals surface area contributed by atoms with Gasteiger partial charge in [0.1, 0.15) is 47.0 Å². The quantitative estimate of drug-likeness (QED) is 0.0246. The van der Waals surface area contributed by atoms with Gasteiger partial charge in [0.05, 0.1) is 32.6 Å². The van der Waals surface area contributed by atoms with E-state index in [2.05, 4.69) is 60.4 Å². The third kappa shape index (κ3) is 17.7. The summed E-state index contributed by atoms with van der Waals surface area (Å²) in [4.78, 5) is 39.6. The van der Waals surface area contributed by atoms with Crippen molar-refractivity contribution in [3.8, 4) is 56.8 Å². The molecule has 0 atom stereocenters. The number of hydrogen-bond acceptors (Lipinski definition) is 13. The van der Waals surface area contributed by atoms with Crippen LogP contribution in [-0.2, 0) is 4.12 Å². The Morgan fingerprint density at radius 3 is 0.770 bits per heavy atom. The van der Waals surface area contributed by atoms with Gasteiger partial charge in [0.25, 0.3) is 11.4 Å². The minimum Gasteiger partial charge on any atom is -0.494 e. The molecule has 0 N–H and O–H groups in total. The minimum atomic E-state index is -2.22. The molecule has 0 fully saturated rings. The summed E-state index contributed by atoms with van der Waals surface area (Å²) in [5, 5.41) is 21.8. The Balaban J connectivity index is 0.618. The van der Waals surface area contributed by atoms with Crippen LogP contribution < -0.4 is 18.9 Å². The molecule has 432 valence electrons. The average molecular weight is 1190 g/mol. The van der Waals surface area contributed by atoms with E-state index in [0.29, 0.717) is 35.5 Å². The first-order chi connectivity index (χ1) is 42.1. The average Bonchev–Trinajstić information content (AvgIpc) is 3.67. The van der Waals surface area contributed by atoms with E-state index in [0.717, 1.165) is 78.8 Å². The predicted octanol–water partition coefficient (Wildman–Crippen LogP) is 18.4.